The number of hydrogen-bond donors (Lipinski definition) is 1. The lowest BCUT2D eigenvalue weighted by Gasteiger charge is -2.13. The monoisotopic (exact) mass is 386 g/mol. The Balaban J connectivity index is 1.71. The van der Waals surface area contributed by atoms with Crippen molar-refractivity contribution in [2.75, 3.05) is 0 Å². The first kappa shape index (κ1) is 18.7. The summed E-state index contributed by atoms with van der Waals surface area (Å²) in [5.41, 5.74) is 4.25. The maximum Gasteiger partial charge on any atom is 0.280 e. The third-order valence-electron chi connectivity index (χ3n) is 5.06. The molecule has 0 unspecified atom stereocenters. The molecule has 0 aliphatic carbocycles. The van der Waals surface area contributed by atoms with E-state index in [4.69, 9.17) is 0 Å². The van der Waals surface area contributed by atoms with Crippen LogP contribution in [-0.2, 0) is 17.9 Å². The number of fused-ring (bicyclic) bond motifs is 1. The van der Waals surface area contributed by atoms with Gasteiger partial charge in [0.1, 0.15) is 6.54 Å². The third kappa shape index (κ3) is 3.69. The second kappa shape index (κ2) is 7.75. The minimum Gasteiger partial charge on any atom is -0.350 e. The molecule has 6 heteroatoms. The smallest absolute Gasteiger partial charge is 0.280 e. The molecular formula is C23H22N4O2. The highest BCUT2D eigenvalue weighted by Crippen LogP contribution is 2.16. The molecule has 4 aromatic rings. The zero-order valence-corrected chi connectivity index (χ0v) is 16.4. The first-order valence-corrected chi connectivity index (χ1v) is 9.49. The number of hydrogen-bond acceptors (Lipinski definition) is 3. The van der Waals surface area contributed by atoms with Crippen LogP contribution in [0.25, 0.3) is 16.7 Å². The molecule has 4 rings (SSSR count). The molecule has 0 radical (unpaired) electrons. The molecule has 0 bridgehead atoms. The van der Waals surface area contributed by atoms with Crippen LogP contribution in [0.1, 0.15) is 16.7 Å². The van der Waals surface area contributed by atoms with E-state index in [0.29, 0.717) is 23.3 Å². The number of carbonyl (C=O) groups is 1. The molecule has 2 aromatic carbocycles. The second-order valence-electron chi connectivity index (χ2n) is 7.08. The van der Waals surface area contributed by atoms with Gasteiger partial charge in [-0.3, -0.25) is 14.3 Å². The highest BCUT2D eigenvalue weighted by atomic mass is 16.2. The first-order chi connectivity index (χ1) is 14.0. The minimum absolute atomic E-state index is 0.00445. The van der Waals surface area contributed by atoms with Gasteiger partial charge in [0.15, 0.2) is 5.65 Å². The highest BCUT2D eigenvalue weighted by Gasteiger charge is 2.18. The molecule has 0 atom stereocenters. The summed E-state index contributed by atoms with van der Waals surface area (Å²) < 4.78 is 3.17. The topological polar surface area (TPSA) is 68.9 Å². The Bertz CT molecular complexity index is 1240. The Hall–Kier alpha value is -3.67. The molecule has 2 heterocycles. The number of pyridine rings is 1. The summed E-state index contributed by atoms with van der Waals surface area (Å²) in [6, 6.07) is 19.0. The number of aryl methyl sites for hydroxylation is 2. The van der Waals surface area contributed by atoms with E-state index >= 15 is 0 Å². The van der Waals surface area contributed by atoms with Crippen LogP contribution in [-0.4, -0.2) is 20.3 Å². The zero-order chi connectivity index (χ0) is 20.4. The lowest BCUT2D eigenvalue weighted by Crippen LogP contribution is -2.31. The van der Waals surface area contributed by atoms with Gasteiger partial charge < -0.3 is 5.32 Å². The van der Waals surface area contributed by atoms with Gasteiger partial charge in [-0.1, -0.05) is 36.4 Å². The second-order valence-corrected chi connectivity index (χ2v) is 7.08. The Labute approximate surface area is 168 Å². The molecule has 0 spiro atoms. The van der Waals surface area contributed by atoms with Crippen LogP contribution in [0.4, 0.5) is 0 Å². The number of nitrogens with one attached hydrogen (secondary N) is 1. The van der Waals surface area contributed by atoms with Crippen LogP contribution in [0.15, 0.2) is 71.7 Å². The summed E-state index contributed by atoms with van der Waals surface area (Å²) >= 11 is 0. The Kier molecular flexibility index (Phi) is 4.99. The van der Waals surface area contributed by atoms with Crippen molar-refractivity contribution >= 4 is 16.9 Å². The van der Waals surface area contributed by atoms with Crippen LogP contribution >= 0.6 is 0 Å². The molecule has 1 N–H and O–H groups in total. The molecule has 0 saturated heterocycles. The Morgan fingerprint density at radius 3 is 2.55 bits per heavy atom. The van der Waals surface area contributed by atoms with E-state index in [-0.39, 0.29) is 18.0 Å². The average Bonchev–Trinajstić information content (AvgIpc) is 3.01. The lowest BCUT2D eigenvalue weighted by molar-refractivity contribution is -0.122. The number of amides is 1. The highest BCUT2D eigenvalue weighted by molar-refractivity contribution is 5.80. The predicted octanol–water partition coefficient (Wildman–Crippen LogP) is 3.12. The van der Waals surface area contributed by atoms with Gasteiger partial charge >= 0.3 is 0 Å². The van der Waals surface area contributed by atoms with Crippen LogP contribution < -0.4 is 10.9 Å². The van der Waals surface area contributed by atoms with Crippen molar-refractivity contribution in [3.63, 3.8) is 0 Å². The van der Waals surface area contributed by atoms with Gasteiger partial charge in [-0.05, 0) is 54.8 Å². The van der Waals surface area contributed by atoms with Crippen molar-refractivity contribution in [2.45, 2.75) is 26.9 Å². The number of nitrogens with zero attached hydrogens (tertiary/aromatic N) is 3. The van der Waals surface area contributed by atoms with E-state index in [1.807, 2.05) is 62.4 Å². The molecular weight excluding hydrogens is 364 g/mol. The minimum atomic E-state index is -0.188. The molecule has 0 aliphatic heterocycles. The average molecular weight is 386 g/mol. The SMILES string of the molecule is Cc1ccc(-n2c(=O)c3cccnc3n2CC(=O)NCc2ccccc2)cc1C. The number of aromatic nitrogens is 3. The summed E-state index contributed by atoms with van der Waals surface area (Å²) in [6.45, 7) is 4.45. The van der Waals surface area contributed by atoms with Crippen LogP contribution in [0.3, 0.4) is 0 Å². The summed E-state index contributed by atoms with van der Waals surface area (Å²) in [6.07, 6.45) is 1.63. The number of carbonyl (C=O) groups excluding carboxylic acids is 1. The summed E-state index contributed by atoms with van der Waals surface area (Å²) in [5.74, 6) is -0.186. The van der Waals surface area contributed by atoms with Gasteiger partial charge in [-0.25, -0.2) is 9.67 Å². The van der Waals surface area contributed by atoms with E-state index in [9.17, 15) is 9.59 Å². The predicted molar refractivity (Wildman–Crippen MR) is 113 cm³/mol. The van der Waals surface area contributed by atoms with Gasteiger partial charge in [-0.2, -0.15) is 0 Å². The van der Waals surface area contributed by atoms with Crippen LogP contribution in [0, 0.1) is 13.8 Å². The maximum absolute atomic E-state index is 13.1. The zero-order valence-electron chi connectivity index (χ0n) is 16.4. The quantitative estimate of drug-likeness (QED) is 0.573. The molecule has 146 valence electrons. The standard InChI is InChI=1S/C23H22N4O2/c1-16-10-11-19(13-17(16)2)27-23(29)20-9-6-12-24-22(20)26(27)15-21(28)25-14-18-7-4-3-5-8-18/h3-13H,14-15H2,1-2H3,(H,25,28). The summed E-state index contributed by atoms with van der Waals surface area (Å²) in [7, 11) is 0. The fourth-order valence-corrected chi connectivity index (χ4v) is 3.34. The van der Waals surface area contributed by atoms with Gasteiger partial charge in [0.2, 0.25) is 5.91 Å². The van der Waals surface area contributed by atoms with E-state index in [1.54, 1.807) is 23.0 Å². The molecule has 2 aromatic heterocycles. The Morgan fingerprint density at radius 1 is 1.00 bits per heavy atom. The molecule has 0 fully saturated rings. The fraction of sp³-hybridized carbons (Fsp3) is 0.174. The van der Waals surface area contributed by atoms with Crippen molar-refractivity contribution in [2.24, 2.45) is 0 Å². The van der Waals surface area contributed by atoms with Gasteiger partial charge in [-0.15, -0.1) is 0 Å². The summed E-state index contributed by atoms with van der Waals surface area (Å²) in [5, 5.41) is 3.41. The molecule has 1 amide bonds. The largest absolute Gasteiger partial charge is 0.350 e. The number of rotatable bonds is 5. The van der Waals surface area contributed by atoms with E-state index in [2.05, 4.69) is 10.3 Å². The van der Waals surface area contributed by atoms with Crippen molar-refractivity contribution in [1.82, 2.24) is 19.7 Å². The maximum atomic E-state index is 13.1. The van der Waals surface area contributed by atoms with Gasteiger partial charge in [0, 0.05) is 12.7 Å². The van der Waals surface area contributed by atoms with Gasteiger partial charge in [0.25, 0.3) is 5.56 Å². The first-order valence-electron chi connectivity index (χ1n) is 9.49. The fourth-order valence-electron chi connectivity index (χ4n) is 3.34. The lowest BCUT2D eigenvalue weighted by atomic mass is 10.1. The molecule has 0 aliphatic rings. The third-order valence-corrected chi connectivity index (χ3v) is 5.06. The van der Waals surface area contributed by atoms with Crippen LogP contribution in [0.2, 0.25) is 0 Å². The van der Waals surface area contributed by atoms with Crippen molar-refractivity contribution in [3.8, 4) is 5.69 Å². The Morgan fingerprint density at radius 2 is 1.79 bits per heavy atom. The molecule has 0 saturated carbocycles. The normalized spacial score (nSPS) is 11.0. The molecule has 6 nitrogen and oxygen atoms in total. The van der Waals surface area contributed by atoms with E-state index in [0.717, 1.165) is 16.7 Å². The van der Waals surface area contributed by atoms with Crippen molar-refractivity contribution in [1.29, 1.82) is 0 Å². The molecule has 29 heavy (non-hydrogen) atoms. The van der Waals surface area contributed by atoms with E-state index in [1.165, 1.54) is 4.68 Å². The van der Waals surface area contributed by atoms with Gasteiger partial charge in [0.05, 0.1) is 11.1 Å². The van der Waals surface area contributed by atoms with Crippen LogP contribution in [0.5, 0.6) is 0 Å². The summed E-state index contributed by atoms with van der Waals surface area (Å²) in [4.78, 5) is 30.1. The van der Waals surface area contributed by atoms with Crippen molar-refractivity contribution < 1.29 is 4.79 Å². The number of benzene rings is 2. The van der Waals surface area contributed by atoms with Crippen molar-refractivity contribution in [3.05, 3.63) is 93.9 Å². The van der Waals surface area contributed by atoms with E-state index < -0.39 is 0 Å².